The molecular weight excluding hydrogens is 130 g/mol. The first-order chi connectivity index (χ1) is 4.57. The molecule has 0 fully saturated rings. The number of nitrogens with two attached hydrogens (primary N) is 1. The Kier molecular flexibility index (Phi) is 4.03. The van der Waals surface area contributed by atoms with Crippen LogP contribution in [0, 0.1) is 5.92 Å². The number of rotatable bonds is 3. The van der Waals surface area contributed by atoms with Crippen molar-refractivity contribution in [3.63, 3.8) is 0 Å². The number of ether oxygens (including phenoxy) is 1. The molecule has 0 aliphatic rings. The molecule has 1 unspecified atom stereocenters. The molecule has 0 rings (SSSR count). The third-order valence-corrected chi connectivity index (χ3v) is 1.42. The summed E-state index contributed by atoms with van der Waals surface area (Å²) in [6.45, 7) is 5.82. The zero-order valence-electron chi connectivity index (χ0n) is 6.76. The maximum absolute atomic E-state index is 10.6. The van der Waals surface area contributed by atoms with Gasteiger partial charge in [0.15, 0.2) is 0 Å². The molecule has 0 heterocycles. The monoisotopic (exact) mass is 145 g/mol. The number of esters is 1. The predicted molar refractivity (Wildman–Crippen MR) is 39.4 cm³/mol. The van der Waals surface area contributed by atoms with Crippen molar-refractivity contribution in [1.82, 2.24) is 0 Å². The second-order valence-electron chi connectivity index (χ2n) is 2.64. The summed E-state index contributed by atoms with van der Waals surface area (Å²) < 4.78 is 4.90. The van der Waals surface area contributed by atoms with Crippen LogP contribution in [0.4, 0.5) is 0 Å². The minimum Gasteiger partial charge on any atom is -0.461 e. The van der Waals surface area contributed by atoms with Gasteiger partial charge in [0, 0.05) is 0 Å². The van der Waals surface area contributed by atoms with Gasteiger partial charge in [-0.15, -0.1) is 0 Å². The van der Waals surface area contributed by atoms with Crippen LogP contribution >= 0.6 is 0 Å². The average Bonchev–Trinajstić information content (AvgIpc) is 1.87. The molecule has 3 heteroatoms. The van der Waals surface area contributed by atoms with Gasteiger partial charge in [0.25, 0.3) is 0 Å². The van der Waals surface area contributed by atoms with E-state index in [1.54, 1.807) is 0 Å². The van der Waals surface area contributed by atoms with E-state index >= 15 is 0 Å². The maximum atomic E-state index is 10.6. The summed E-state index contributed by atoms with van der Waals surface area (Å²) in [6, 6.07) is 0. The number of hydrogen-bond donors (Lipinski definition) is 1. The summed E-state index contributed by atoms with van der Waals surface area (Å²) in [4.78, 5) is 10.6. The molecule has 0 bridgehead atoms. The van der Waals surface area contributed by atoms with Gasteiger partial charge >= 0.3 is 5.97 Å². The SMILES string of the molecule is CC(C)C(C)OC(=O)CN. The lowest BCUT2D eigenvalue weighted by Gasteiger charge is -2.15. The first kappa shape index (κ1) is 9.43. The molecule has 0 aromatic rings. The van der Waals surface area contributed by atoms with Crippen LogP contribution in [0.2, 0.25) is 0 Å². The quantitative estimate of drug-likeness (QED) is 0.589. The molecule has 0 radical (unpaired) electrons. The van der Waals surface area contributed by atoms with Crippen molar-refractivity contribution in [1.29, 1.82) is 0 Å². The summed E-state index contributed by atoms with van der Waals surface area (Å²) in [5.74, 6) is 0.0247. The van der Waals surface area contributed by atoms with E-state index in [0.29, 0.717) is 5.92 Å². The van der Waals surface area contributed by atoms with Gasteiger partial charge in [0.2, 0.25) is 0 Å². The van der Waals surface area contributed by atoms with Crippen molar-refractivity contribution in [2.24, 2.45) is 11.7 Å². The molecule has 0 aliphatic carbocycles. The number of carbonyl (C=O) groups excluding carboxylic acids is 1. The average molecular weight is 145 g/mol. The summed E-state index contributed by atoms with van der Waals surface area (Å²) in [5, 5.41) is 0. The van der Waals surface area contributed by atoms with Crippen molar-refractivity contribution in [3.05, 3.63) is 0 Å². The van der Waals surface area contributed by atoms with Gasteiger partial charge in [-0.2, -0.15) is 0 Å². The Morgan fingerprint density at radius 3 is 2.30 bits per heavy atom. The molecule has 0 aliphatic heterocycles. The van der Waals surface area contributed by atoms with E-state index < -0.39 is 0 Å². The minimum atomic E-state index is -0.332. The molecule has 0 amide bonds. The highest BCUT2D eigenvalue weighted by Gasteiger charge is 2.10. The minimum absolute atomic E-state index is 0.0307. The maximum Gasteiger partial charge on any atom is 0.319 e. The van der Waals surface area contributed by atoms with Crippen LogP contribution < -0.4 is 5.73 Å². The Balaban J connectivity index is 3.57. The summed E-state index contributed by atoms with van der Waals surface area (Å²) in [6.07, 6.45) is -0.0314. The number of hydrogen-bond acceptors (Lipinski definition) is 3. The Labute approximate surface area is 61.5 Å². The number of carbonyl (C=O) groups is 1. The van der Waals surface area contributed by atoms with Crippen LogP contribution in [0.15, 0.2) is 0 Å². The Morgan fingerprint density at radius 2 is 2.00 bits per heavy atom. The highest BCUT2D eigenvalue weighted by Crippen LogP contribution is 2.04. The molecule has 0 saturated heterocycles. The van der Waals surface area contributed by atoms with Gasteiger partial charge in [-0.25, -0.2) is 0 Å². The van der Waals surface area contributed by atoms with Crippen molar-refractivity contribution in [3.8, 4) is 0 Å². The smallest absolute Gasteiger partial charge is 0.319 e. The zero-order valence-corrected chi connectivity index (χ0v) is 6.76. The fourth-order valence-electron chi connectivity index (χ4n) is 0.392. The second-order valence-corrected chi connectivity index (χ2v) is 2.64. The summed E-state index contributed by atoms with van der Waals surface area (Å²) >= 11 is 0. The Morgan fingerprint density at radius 1 is 1.50 bits per heavy atom. The first-order valence-electron chi connectivity index (χ1n) is 3.47. The Bertz CT molecular complexity index is 112. The van der Waals surface area contributed by atoms with Crippen molar-refractivity contribution in [2.45, 2.75) is 26.9 Å². The van der Waals surface area contributed by atoms with Crippen LogP contribution in [0.3, 0.4) is 0 Å². The van der Waals surface area contributed by atoms with E-state index in [1.165, 1.54) is 0 Å². The highest BCUT2D eigenvalue weighted by atomic mass is 16.5. The summed E-state index contributed by atoms with van der Waals surface area (Å²) in [7, 11) is 0. The standard InChI is InChI=1S/C7H15NO2/c1-5(2)6(3)10-7(9)4-8/h5-6H,4,8H2,1-3H3. The Hall–Kier alpha value is -0.570. The van der Waals surface area contributed by atoms with E-state index in [-0.39, 0.29) is 18.6 Å². The lowest BCUT2D eigenvalue weighted by atomic mass is 10.1. The van der Waals surface area contributed by atoms with E-state index in [1.807, 2.05) is 20.8 Å². The molecule has 0 aromatic heterocycles. The molecule has 0 saturated carbocycles. The van der Waals surface area contributed by atoms with Crippen LogP contribution in [0.5, 0.6) is 0 Å². The van der Waals surface area contributed by atoms with Crippen molar-refractivity contribution >= 4 is 5.97 Å². The lowest BCUT2D eigenvalue weighted by molar-refractivity contribution is -0.148. The van der Waals surface area contributed by atoms with Gasteiger partial charge < -0.3 is 10.5 Å². The first-order valence-corrected chi connectivity index (χ1v) is 3.47. The van der Waals surface area contributed by atoms with E-state index in [4.69, 9.17) is 10.5 Å². The largest absolute Gasteiger partial charge is 0.461 e. The second kappa shape index (κ2) is 4.28. The molecule has 2 N–H and O–H groups in total. The van der Waals surface area contributed by atoms with Crippen molar-refractivity contribution < 1.29 is 9.53 Å². The zero-order chi connectivity index (χ0) is 8.15. The van der Waals surface area contributed by atoms with Crippen LogP contribution in [-0.4, -0.2) is 18.6 Å². The molecule has 3 nitrogen and oxygen atoms in total. The fourth-order valence-corrected chi connectivity index (χ4v) is 0.392. The van der Waals surface area contributed by atoms with Gasteiger partial charge in [0.1, 0.15) is 6.10 Å². The van der Waals surface area contributed by atoms with E-state index in [9.17, 15) is 4.79 Å². The third kappa shape index (κ3) is 3.45. The molecule has 0 spiro atoms. The van der Waals surface area contributed by atoms with Crippen LogP contribution in [0.1, 0.15) is 20.8 Å². The van der Waals surface area contributed by atoms with Gasteiger partial charge in [-0.3, -0.25) is 4.79 Å². The highest BCUT2D eigenvalue weighted by molar-refractivity contribution is 5.71. The molecule has 10 heavy (non-hydrogen) atoms. The van der Waals surface area contributed by atoms with Crippen LogP contribution in [0.25, 0.3) is 0 Å². The topological polar surface area (TPSA) is 52.3 Å². The molecule has 60 valence electrons. The third-order valence-electron chi connectivity index (χ3n) is 1.42. The molecule has 0 aromatic carbocycles. The van der Waals surface area contributed by atoms with Gasteiger partial charge in [0.05, 0.1) is 6.54 Å². The van der Waals surface area contributed by atoms with E-state index in [2.05, 4.69) is 0 Å². The van der Waals surface area contributed by atoms with Gasteiger partial charge in [-0.05, 0) is 12.8 Å². The predicted octanol–water partition coefficient (Wildman–Crippen LogP) is 0.533. The fraction of sp³-hybridized carbons (Fsp3) is 0.857. The summed E-state index contributed by atoms with van der Waals surface area (Å²) in [5.41, 5.74) is 5.05. The van der Waals surface area contributed by atoms with E-state index in [0.717, 1.165) is 0 Å². The van der Waals surface area contributed by atoms with Gasteiger partial charge in [-0.1, -0.05) is 13.8 Å². The van der Waals surface area contributed by atoms with Crippen molar-refractivity contribution in [2.75, 3.05) is 6.54 Å². The van der Waals surface area contributed by atoms with Crippen LogP contribution in [-0.2, 0) is 9.53 Å². The molecule has 1 atom stereocenters. The molecular formula is C7H15NO2. The normalized spacial score (nSPS) is 13.3. The lowest BCUT2D eigenvalue weighted by Crippen LogP contribution is -2.25.